The van der Waals surface area contributed by atoms with E-state index in [9.17, 15) is 4.79 Å². The van der Waals surface area contributed by atoms with Crippen molar-refractivity contribution in [2.45, 2.75) is 19.6 Å². The lowest BCUT2D eigenvalue weighted by atomic mass is 10.2. The minimum atomic E-state index is -0.566. The number of nitrogens with zero attached hydrogens (tertiary/aromatic N) is 5. The minimum Gasteiger partial charge on any atom is -0.481 e. The lowest BCUT2D eigenvalue weighted by Crippen LogP contribution is -2.51. The van der Waals surface area contributed by atoms with Crippen LogP contribution < -0.4 is 4.74 Å². The van der Waals surface area contributed by atoms with Gasteiger partial charge in [0.2, 0.25) is 0 Å². The molecule has 0 N–H and O–H groups in total. The van der Waals surface area contributed by atoms with Crippen LogP contribution in [0.5, 0.6) is 5.75 Å². The first-order valence-corrected chi connectivity index (χ1v) is 10.4. The molecule has 7 nitrogen and oxygen atoms in total. The number of benzene rings is 2. The van der Waals surface area contributed by atoms with Crippen molar-refractivity contribution in [2.24, 2.45) is 0 Å². The molecule has 1 aliphatic heterocycles. The van der Waals surface area contributed by atoms with Crippen LogP contribution in [-0.2, 0) is 11.3 Å². The molecule has 1 saturated heterocycles. The van der Waals surface area contributed by atoms with Gasteiger partial charge in [-0.3, -0.25) is 9.69 Å². The second-order valence-electron chi connectivity index (χ2n) is 7.63. The summed E-state index contributed by atoms with van der Waals surface area (Å²) in [6.07, 6.45) is 3.39. The maximum absolute atomic E-state index is 12.8. The van der Waals surface area contributed by atoms with E-state index in [0.29, 0.717) is 24.4 Å². The van der Waals surface area contributed by atoms with Gasteiger partial charge in [0.25, 0.3) is 5.91 Å². The first-order chi connectivity index (χ1) is 15.1. The molecule has 7 heteroatoms. The highest BCUT2D eigenvalue weighted by molar-refractivity contribution is 5.81. The lowest BCUT2D eigenvalue weighted by Gasteiger charge is -2.35. The smallest absolute Gasteiger partial charge is 0.263 e. The Labute approximate surface area is 182 Å². The van der Waals surface area contributed by atoms with Crippen molar-refractivity contribution in [1.82, 2.24) is 19.6 Å². The average Bonchev–Trinajstić information content (AvgIpc) is 3.28. The van der Waals surface area contributed by atoms with Gasteiger partial charge in [-0.05, 0) is 43.3 Å². The number of aromatic nitrogens is 2. The van der Waals surface area contributed by atoms with Gasteiger partial charge in [0.1, 0.15) is 5.75 Å². The summed E-state index contributed by atoms with van der Waals surface area (Å²) in [5, 5.41) is 13.3. The van der Waals surface area contributed by atoms with Gasteiger partial charge in [-0.2, -0.15) is 10.4 Å². The molecule has 1 unspecified atom stereocenters. The Morgan fingerprint density at radius 1 is 1.10 bits per heavy atom. The number of hydrogen-bond donors (Lipinski definition) is 0. The van der Waals surface area contributed by atoms with E-state index < -0.39 is 6.10 Å². The van der Waals surface area contributed by atoms with Crippen LogP contribution in [0.15, 0.2) is 67.0 Å². The zero-order chi connectivity index (χ0) is 21.6. The number of nitriles is 1. The Morgan fingerprint density at radius 2 is 1.81 bits per heavy atom. The molecule has 1 aliphatic rings. The standard InChI is InChI=1S/C24H25N5O2/c1-19(31-23-9-7-20(15-25)8-10-23)24(30)28-13-11-27(12-14-28)17-21-16-26-29(18-21)22-5-3-2-4-6-22/h2-10,16,18-19H,11-14,17H2,1H3. The molecule has 0 spiro atoms. The predicted molar refractivity (Wildman–Crippen MR) is 117 cm³/mol. The van der Waals surface area contributed by atoms with Gasteiger partial charge in [-0.15, -0.1) is 0 Å². The SMILES string of the molecule is CC(Oc1ccc(C#N)cc1)C(=O)N1CCN(Cc2cnn(-c3ccccc3)c2)CC1. The van der Waals surface area contributed by atoms with Gasteiger partial charge in [-0.25, -0.2) is 4.68 Å². The third-order valence-electron chi connectivity index (χ3n) is 5.39. The van der Waals surface area contributed by atoms with E-state index in [-0.39, 0.29) is 5.91 Å². The van der Waals surface area contributed by atoms with Crippen molar-refractivity contribution in [1.29, 1.82) is 5.26 Å². The van der Waals surface area contributed by atoms with Crippen molar-refractivity contribution in [3.63, 3.8) is 0 Å². The fourth-order valence-electron chi connectivity index (χ4n) is 3.67. The van der Waals surface area contributed by atoms with Crippen LogP contribution in [-0.4, -0.2) is 57.8 Å². The minimum absolute atomic E-state index is 0.0130. The maximum Gasteiger partial charge on any atom is 0.263 e. The van der Waals surface area contributed by atoms with Gasteiger partial charge in [0.15, 0.2) is 6.10 Å². The highest BCUT2D eigenvalue weighted by Crippen LogP contribution is 2.16. The van der Waals surface area contributed by atoms with Crippen LogP contribution in [0.25, 0.3) is 5.69 Å². The molecular weight excluding hydrogens is 390 g/mol. The Kier molecular flexibility index (Phi) is 6.29. The summed E-state index contributed by atoms with van der Waals surface area (Å²) in [7, 11) is 0. The number of piperazine rings is 1. The first-order valence-electron chi connectivity index (χ1n) is 10.4. The van der Waals surface area contributed by atoms with Gasteiger partial charge >= 0.3 is 0 Å². The number of para-hydroxylation sites is 1. The van der Waals surface area contributed by atoms with E-state index in [0.717, 1.165) is 30.9 Å². The summed E-state index contributed by atoms with van der Waals surface area (Å²) in [6.45, 7) is 5.55. The largest absolute Gasteiger partial charge is 0.481 e. The predicted octanol–water partition coefficient (Wildman–Crippen LogP) is 2.86. The number of amides is 1. The summed E-state index contributed by atoms with van der Waals surface area (Å²) in [5.74, 6) is 0.579. The fraction of sp³-hybridized carbons (Fsp3) is 0.292. The van der Waals surface area contributed by atoms with Crippen LogP contribution in [0, 0.1) is 11.3 Å². The van der Waals surface area contributed by atoms with Crippen molar-refractivity contribution < 1.29 is 9.53 Å². The molecule has 0 saturated carbocycles. The fourth-order valence-corrected chi connectivity index (χ4v) is 3.67. The summed E-state index contributed by atoms with van der Waals surface area (Å²) < 4.78 is 7.66. The van der Waals surface area contributed by atoms with Gasteiger partial charge < -0.3 is 9.64 Å². The molecule has 0 radical (unpaired) electrons. The molecule has 1 atom stereocenters. The number of carbonyl (C=O) groups is 1. The Hall–Kier alpha value is -3.63. The van der Waals surface area contributed by atoms with Gasteiger partial charge in [0, 0.05) is 44.5 Å². The highest BCUT2D eigenvalue weighted by atomic mass is 16.5. The molecule has 4 rings (SSSR count). The molecule has 1 aromatic heterocycles. The lowest BCUT2D eigenvalue weighted by molar-refractivity contribution is -0.139. The number of carbonyl (C=O) groups excluding carboxylic acids is 1. The third kappa shape index (κ3) is 5.11. The van der Waals surface area contributed by atoms with E-state index in [1.807, 2.05) is 46.1 Å². The Balaban J connectivity index is 1.26. The highest BCUT2D eigenvalue weighted by Gasteiger charge is 2.26. The number of rotatable bonds is 6. The normalized spacial score (nSPS) is 15.3. The molecule has 0 bridgehead atoms. The first kappa shape index (κ1) is 20.6. The molecule has 2 aromatic carbocycles. The summed E-state index contributed by atoms with van der Waals surface area (Å²) >= 11 is 0. The van der Waals surface area contributed by atoms with Crippen molar-refractivity contribution in [3.8, 4) is 17.5 Å². The molecule has 2 heterocycles. The average molecular weight is 415 g/mol. The van der Waals surface area contributed by atoms with Crippen LogP contribution in [0.1, 0.15) is 18.1 Å². The van der Waals surface area contributed by atoms with Crippen molar-refractivity contribution in [2.75, 3.05) is 26.2 Å². The third-order valence-corrected chi connectivity index (χ3v) is 5.39. The molecular formula is C24H25N5O2. The Morgan fingerprint density at radius 3 is 2.48 bits per heavy atom. The molecule has 31 heavy (non-hydrogen) atoms. The van der Waals surface area contributed by atoms with Crippen LogP contribution in [0.2, 0.25) is 0 Å². The van der Waals surface area contributed by atoms with Gasteiger partial charge in [-0.1, -0.05) is 18.2 Å². The zero-order valence-corrected chi connectivity index (χ0v) is 17.5. The Bertz CT molecular complexity index is 1050. The monoisotopic (exact) mass is 415 g/mol. The maximum atomic E-state index is 12.8. The molecule has 3 aromatic rings. The van der Waals surface area contributed by atoms with E-state index in [4.69, 9.17) is 10.00 Å². The van der Waals surface area contributed by atoms with Crippen molar-refractivity contribution in [3.05, 3.63) is 78.1 Å². The van der Waals surface area contributed by atoms with E-state index >= 15 is 0 Å². The molecule has 0 aliphatic carbocycles. The summed E-state index contributed by atoms with van der Waals surface area (Å²) in [4.78, 5) is 17.0. The van der Waals surface area contributed by atoms with Crippen LogP contribution in [0.4, 0.5) is 0 Å². The van der Waals surface area contributed by atoms with E-state index in [1.54, 1.807) is 31.2 Å². The molecule has 1 fully saturated rings. The summed E-state index contributed by atoms with van der Waals surface area (Å²) in [6, 6.07) is 18.9. The van der Waals surface area contributed by atoms with Crippen LogP contribution >= 0.6 is 0 Å². The van der Waals surface area contributed by atoms with Crippen LogP contribution in [0.3, 0.4) is 0 Å². The van der Waals surface area contributed by atoms with E-state index in [1.165, 1.54) is 0 Å². The topological polar surface area (TPSA) is 74.4 Å². The number of hydrogen-bond acceptors (Lipinski definition) is 5. The molecule has 158 valence electrons. The second-order valence-corrected chi connectivity index (χ2v) is 7.63. The quantitative estimate of drug-likeness (QED) is 0.619. The second kappa shape index (κ2) is 9.45. The van der Waals surface area contributed by atoms with Gasteiger partial charge in [0.05, 0.1) is 23.5 Å². The van der Waals surface area contributed by atoms with Crippen molar-refractivity contribution >= 4 is 5.91 Å². The molecule has 1 amide bonds. The van der Waals surface area contributed by atoms with E-state index in [2.05, 4.69) is 22.3 Å². The number of ether oxygens (including phenoxy) is 1. The summed E-state index contributed by atoms with van der Waals surface area (Å²) in [5.41, 5.74) is 2.76. The zero-order valence-electron chi connectivity index (χ0n) is 17.5.